The third kappa shape index (κ3) is 6.99. The van der Waals surface area contributed by atoms with Crippen LogP contribution >= 0.6 is 0 Å². The average Bonchev–Trinajstić information content (AvgIpc) is 3.15. The first-order chi connectivity index (χ1) is 15.3. The van der Waals surface area contributed by atoms with Gasteiger partial charge in [-0.05, 0) is 36.6 Å². The van der Waals surface area contributed by atoms with Crippen LogP contribution in [0.1, 0.15) is 76.1 Å². The highest BCUT2D eigenvalue weighted by atomic mass is 16.5. The van der Waals surface area contributed by atoms with Crippen molar-refractivity contribution in [2.24, 2.45) is 0 Å². The van der Waals surface area contributed by atoms with Crippen molar-refractivity contribution >= 4 is 11.0 Å². The molecule has 0 unspecified atom stereocenters. The quantitative estimate of drug-likeness (QED) is 0.185. The minimum absolute atomic E-state index is 0.486. The molecule has 3 nitrogen and oxygen atoms in total. The molecule has 166 valence electrons. The van der Waals surface area contributed by atoms with Crippen molar-refractivity contribution in [2.75, 3.05) is 0 Å². The Morgan fingerprint density at radius 1 is 0.871 bits per heavy atom. The van der Waals surface area contributed by atoms with Crippen molar-refractivity contribution in [3.63, 3.8) is 0 Å². The Balaban J connectivity index is 1.57. The zero-order valence-electron chi connectivity index (χ0n) is 19.2. The first-order valence-corrected chi connectivity index (χ1v) is 12.1. The fraction of sp³-hybridized carbons (Fsp3) is 0.464. The molecule has 0 saturated heterocycles. The molecule has 0 radical (unpaired) electrons. The van der Waals surface area contributed by atoms with Gasteiger partial charge in [0.05, 0.1) is 11.0 Å². The fourth-order valence-electron chi connectivity index (χ4n) is 4.18. The number of ether oxygens (including phenoxy) is 1. The maximum Gasteiger partial charge on any atom is 0.147 e. The summed E-state index contributed by atoms with van der Waals surface area (Å²) in [6.07, 6.45) is 14.8. The van der Waals surface area contributed by atoms with Crippen LogP contribution in [0.25, 0.3) is 11.0 Å². The van der Waals surface area contributed by atoms with Crippen molar-refractivity contribution in [1.82, 2.24) is 9.55 Å². The van der Waals surface area contributed by atoms with Gasteiger partial charge in [-0.3, -0.25) is 0 Å². The number of hydrogen-bond donors (Lipinski definition) is 0. The minimum Gasteiger partial charge on any atom is -0.485 e. The smallest absolute Gasteiger partial charge is 0.147 e. The number of fused-ring (bicyclic) bond motifs is 1. The molecule has 0 amide bonds. The minimum atomic E-state index is 0.486. The third-order valence-corrected chi connectivity index (χ3v) is 5.91. The SMILES string of the molecule is C=CCc1ccccc1OCc1nc2ccccc2n1CCCCCCCCCCC. The molecule has 1 aromatic heterocycles. The number of benzene rings is 2. The van der Waals surface area contributed by atoms with Gasteiger partial charge in [0.2, 0.25) is 0 Å². The van der Waals surface area contributed by atoms with Crippen molar-refractivity contribution in [3.8, 4) is 5.75 Å². The average molecular weight is 419 g/mol. The van der Waals surface area contributed by atoms with Crippen LogP contribution in [0.15, 0.2) is 61.2 Å². The first kappa shape index (κ1) is 23.1. The van der Waals surface area contributed by atoms with Gasteiger partial charge in [-0.1, -0.05) is 94.7 Å². The second-order valence-corrected chi connectivity index (χ2v) is 8.39. The number of aromatic nitrogens is 2. The predicted molar refractivity (Wildman–Crippen MR) is 132 cm³/mol. The molecule has 2 aromatic carbocycles. The number of para-hydroxylation sites is 3. The van der Waals surface area contributed by atoms with E-state index in [0.717, 1.165) is 30.1 Å². The summed E-state index contributed by atoms with van der Waals surface area (Å²) in [7, 11) is 0. The zero-order valence-corrected chi connectivity index (χ0v) is 19.2. The molecule has 0 N–H and O–H groups in total. The monoisotopic (exact) mass is 418 g/mol. The number of unbranched alkanes of at least 4 members (excludes halogenated alkanes) is 8. The lowest BCUT2D eigenvalue weighted by Gasteiger charge is -2.12. The summed E-state index contributed by atoms with van der Waals surface area (Å²) in [4.78, 5) is 4.88. The summed E-state index contributed by atoms with van der Waals surface area (Å²) in [5, 5.41) is 0. The van der Waals surface area contributed by atoms with E-state index in [-0.39, 0.29) is 0 Å². The molecule has 3 rings (SSSR count). The van der Waals surface area contributed by atoms with E-state index >= 15 is 0 Å². The van der Waals surface area contributed by atoms with Crippen molar-refractivity contribution in [1.29, 1.82) is 0 Å². The molecule has 3 heteroatoms. The summed E-state index contributed by atoms with van der Waals surface area (Å²) in [6, 6.07) is 16.6. The van der Waals surface area contributed by atoms with Crippen LogP contribution in [0.2, 0.25) is 0 Å². The Bertz CT molecular complexity index is 928. The second kappa shape index (κ2) is 13.0. The summed E-state index contributed by atoms with van der Waals surface area (Å²) >= 11 is 0. The topological polar surface area (TPSA) is 27.1 Å². The van der Waals surface area contributed by atoms with Crippen LogP contribution in [0.4, 0.5) is 0 Å². The van der Waals surface area contributed by atoms with Gasteiger partial charge in [0.1, 0.15) is 18.2 Å². The lowest BCUT2D eigenvalue weighted by Crippen LogP contribution is -2.08. The first-order valence-electron chi connectivity index (χ1n) is 12.1. The molecule has 0 saturated carbocycles. The Hall–Kier alpha value is -2.55. The van der Waals surface area contributed by atoms with Crippen molar-refractivity contribution < 1.29 is 4.74 Å². The van der Waals surface area contributed by atoms with E-state index in [4.69, 9.17) is 9.72 Å². The Labute approximate surface area is 188 Å². The lowest BCUT2D eigenvalue weighted by atomic mass is 10.1. The number of hydrogen-bond acceptors (Lipinski definition) is 2. The maximum absolute atomic E-state index is 6.21. The summed E-state index contributed by atoms with van der Waals surface area (Å²) in [5.41, 5.74) is 3.43. The summed E-state index contributed by atoms with van der Waals surface area (Å²) in [5.74, 6) is 1.93. The fourth-order valence-corrected chi connectivity index (χ4v) is 4.18. The predicted octanol–water partition coefficient (Wildman–Crippen LogP) is 7.87. The largest absolute Gasteiger partial charge is 0.485 e. The van der Waals surface area contributed by atoms with Crippen molar-refractivity contribution in [3.05, 3.63) is 72.6 Å². The third-order valence-electron chi connectivity index (χ3n) is 5.91. The van der Waals surface area contributed by atoms with E-state index in [1.165, 1.54) is 68.9 Å². The molecule has 0 aliphatic carbocycles. The molecule has 0 aliphatic heterocycles. The van der Waals surface area contributed by atoms with Crippen LogP contribution in [-0.4, -0.2) is 9.55 Å². The molecule has 0 bridgehead atoms. The number of allylic oxidation sites excluding steroid dienone is 1. The molecule has 0 atom stereocenters. The van der Waals surface area contributed by atoms with Gasteiger partial charge in [0.15, 0.2) is 0 Å². The highest BCUT2D eigenvalue weighted by Gasteiger charge is 2.12. The Morgan fingerprint density at radius 3 is 2.32 bits per heavy atom. The van der Waals surface area contributed by atoms with E-state index < -0.39 is 0 Å². The summed E-state index contributed by atoms with van der Waals surface area (Å²) in [6.45, 7) is 7.63. The molecular formula is C28H38N2O. The van der Waals surface area contributed by atoms with Crippen LogP contribution in [0.5, 0.6) is 5.75 Å². The van der Waals surface area contributed by atoms with Gasteiger partial charge < -0.3 is 9.30 Å². The van der Waals surface area contributed by atoms with Gasteiger partial charge in [0, 0.05) is 6.54 Å². The molecule has 0 aliphatic rings. The number of aryl methyl sites for hydroxylation is 1. The van der Waals surface area contributed by atoms with Crippen LogP contribution in [0, 0.1) is 0 Å². The van der Waals surface area contributed by atoms with Gasteiger partial charge in [0.25, 0.3) is 0 Å². The van der Waals surface area contributed by atoms with Crippen molar-refractivity contribution in [2.45, 2.75) is 84.3 Å². The zero-order chi connectivity index (χ0) is 21.7. The van der Waals surface area contributed by atoms with Crippen LogP contribution in [0.3, 0.4) is 0 Å². The normalized spacial score (nSPS) is 11.1. The highest BCUT2D eigenvalue weighted by Crippen LogP contribution is 2.22. The second-order valence-electron chi connectivity index (χ2n) is 8.39. The van der Waals surface area contributed by atoms with Gasteiger partial charge in [-0.25, -0.2) is 4.98 Å². The van der Waals surface area contributed by atoms with E-state index in [0.29, 0.717) is 6.61 Å². The molecule has 0 fully saturated rings. The van der Waals surface area contributed by atoms with Gasteiger partial charge >= 0.3 is 0 Å². The van der Waals surface area contributed by atoms with E-state index in [2.05, 4.69) is 48.4 Å². The molecular weight excluding hydrogens is 380 g/mol. The van der Waals surface area contributed by atoms with Gasteiger partial charge in [-0.2, -0.15) is 0 Å². The highest BCUT2D eigenvalue weighted by molar-refractivity contribution is 5.75. The van der Waals surface area contributed by atoms with Crippen LogP contribution in [-0.2, 0) is 19.6 Å². The Kier molecular flexibility index (Phi) is 9.69. The number of imidazole rings is 1. The maximum atomic E-state index is 6.21. The van der Waals surface area contributed by atoms with E-state index in [1.807, 2.05) is 24.3 Å². The Morgan fingerprint density at radius 2 is 1.55 bits per heavy atom. The van der Waals surface area contributed by atoms with Crippen LogP contribution < -0.4 is 4.74 Å². The molecule has 0 spiro atoms. The summed E-state index contributed by atoms with van der Waals surface area (Å²) < 4.78 is 8.56. The number of rotatable bonds is 15. The molecule has 3 aromatic rings. The van der Waals surface area contributed by atoms with E-state index in [1.54, 1.807) is 0 Å². The standard InChI is InChI=1S/C28H38N2O/c1-3-5-6-7-8-9-10-11-16-22-30-26-20-14-13-19-25(26)29-28(30)23-31-27-21-15-12-18-24(27)17-4-2/h4,12-15,18-21H,2-3,5-11,16-17,22-23H2,1H3. The molecule has 1 heterocycles. The van der Waals surface area contributed by atoms with Gasteiger partial charge in [-0.15, -0.1) is 6.58 Å². The lowest BCUT2D eigenvalue weighted by molar-refractivity contribution is 0.287. The number of nitrogens with zero attached hydrogens (tertiary/aromatic N) is 2. The van der Waals surface area contributed by atoms with E-state index in [9.17, 15) is 0 Å². The molecule has 31 heavy (non-hydrogen) atoms.